The van der Waals surface area contributed by atoms with Crippen LogP contribution in [0, 0.1) is 11.3 Å². The third kappa shape index (κ3) is 2.00. The smallest absolute Gasteiger partial charge is 0.115 e. The Kier molecular flexibility index (Phi) is 2.80. The molecule has 2 atom stereocenters. The van der Waals surface area contributed by atoms with E-state index in [-0.39, 0.29) is 0 Å². The molecule has 2 unspecified atom stereocenters. The van der Waals surface area contributed by atoms with Crippen molar-refractivity contribution in [1.82, 2.24) is 9.97 Å². The van der Waals surface area contributed by atoms with Gasteiger partial charge in [-0.15, -0.1) is 0 Å². The van der Waals surface area contributed by atoms with Gasteiger partial charge in [0.2, 0.25) is 0 Å². The highest BCUT2D eigenvalue weighted by Crippen LogP contribution is 2.46. The van der Waals surface area contributed by atoms with Crippen molar-refractivity contribution in [2.45, 2.75) is 58.5 Å². The van der Waals surface area contributed by atoms with E-state index in [4.69, 9.17) is 0 Å². The van der Waals surface area contributed by atoms with Crippen molar-refractivity contribution in [2.24, 2.45) is 11.3 Å². The first-order chi connectivity index (χ1) is 8.55. The minimum absolute atomic E-state index is 0.445. The summed E-state index contributed by atoms with van der Waals surface area (Å²) in [6.45, 7) is 7.16. The molecule has 0 aliphatic carbocycles. The van der Waals surface area contributed by atoms with Gasteiger partial charge in [-0.05, 0) is 37.0 Å². The van der Waals surface area contributed by atoms with Gasteiger partial charge in [0.05, 0.1) is 18.1 Å². The van der Waals surface area contributed by atoms with Crippen molar-refractivity contribution in [3.05, 3.63) is 18.7 Å². The van der Waals surface area contributed by atoms with E-state index in [0.29, 0.717) is 17.5 Å². The van der Waals surface area contributed by atoms with Crippen molar-refractivity contribution in [3.8, 4) is 0 Å². The Labute approximate surface area is 110 Å². The number of anilines is 1. The number of fused-ring (bicyclic) bond motifs is 2. The predicted molar refractivity (Wildman–Crippen MR) is 73.5 cm³/mol. The summed E-state index contributed by atoms with van der Waals surface area (Å²) in [6.07, 6.45) is 10.9. The summed E-state index contributed by atoms with van der Waals surface area (Å²) in [7, 11) is 0. The van der Waals surface area contributed by atoms with Crippen molar-refractivity contribution in [3.63, 3.8) is 0 Å². The van der Waals surface area contributed by atoms with Crippen LogP contribution in [0.5, 0.6) is 0 Å². The van der Waals surface area contributed by atoms with E-state index in [1.165, 1.54) is 31.4 Å². The highest BCUT2D eigenvalue weighted by Gasteiger charge is 2.43. The molecule has 2 aliphatic heterocycles. The molecular formula is C15H23N3. The molecule has 3 nitrogen and oxygen atoms in total. The lowest BCUT2D eigenvalue weighted by atomic mass is 9.73. The lowest BCUT2D eigenvalue weighted by Gasteiger charge is -2.44. The Morgan fingerprint density at radius 1 is 1.06 bits per heavy atom. The van der Waals surface area contributed by atoms with Crippen LogP contribution in [0.3, 0.4) is 0 Å². The second kappa shape index (κ2) is 4.22. The molecule has 0 amide bonds. The van der Waals surface area contributed by atoms with Gasteiger partial charge in [-0.1, -0.05) is 20.8 Å². The molecule has 2 bridgehead atoms. The highest BCUT2D eigenvalue weighted by atomic mass is 15.2. The Morgan fingerprint density at radius 2 is 1.61 bits per heavy atom. The van der Waals surface area contributed by atoms with E-state index in [1.807, 2.05) is 12.4 Å². The summed E-state index contributed by atoms with van der Waals surface area (Å²) in [5.74, 6) is 0.857. The fourth-order valence-corrected chi connectivity index (χ4v) is 3.73. The molecule has 3 rings (SSSR count). The zero-order valence-electron chi connectivity index (χ0n) is 11.6. The van der Waals surface area contributed by atoms with Crippen molar-refractivity contribution >= 4 is 5.69 Å². The number of piperidine rings is 1. The van der Waals surface area contributed by atoms with Gasteiger partial charge in [-0.25, -0.2) is 9.97 Å². The van der Waals surface area contributed by atoms with Gasteiger partial charge >= 0.3 is 0 Å². The van der Waals surface area contributed by atoms with Gasteiger partial charge in [0.1, 0.15) is 6.33 Å². The van der Waals surface area contributed by atoms with E-state index in [2.05, 4.69) is 35.6 Å². The van der Waals surface area contributed by atoms with Crippen LogP contribution in [0.25, 0.3) is 0 Å². The third-order valence-corrected chi connectivity index (χ3v) is 4.80. The molecule has 3 heterocycles. The van der Waals surface area contributed by atoms with E-state index in [1.54, 1.807) is 6.33 Å². The van der Waals surface area contributed by atoms with Crippen molar-refractivity contribution in [1.29, 1.82) is 0 Å². The summed E-state index contributed by atoms with van der Waals surface area (Å²) in [5, 5.41) is 0. The molecule has 18 heavy (non-hydrogen) atoms. The van der Waals surface area contributed by atoms with Gasteiger partial charge in [-0.2, -0.15) is 0 Å². The summed E-state index contributed by atoms with van der Waals surface area (Å²) in [6, 6.07) is 1.41. The van der Waals surface area contributed by atoms with Gasteiger partial charge in [0, 0.05) is 12.1 Å². The lowest BCUT2D eigenvalue weighted by Crippen LogP contribution is -2.45. The monoisotopic (exact) mass is 245 g/mol. The summed E-state index contributed by atoms with van der Waals surface area (Å²) >= 11 is 0. The van der Waals surface area contributed by atoms with E-state index in [9.17, 15) is 0 Å². The van der Waals surface area contributed by atoms with Crippen LogP contribution < -0.4 is 4.90 Å². The second-order valence-electron chi connectivity index (χ2n) is 6.92. The quantitative estimate of drug-likeness (QED) is 0.760. The molecule has 2 fully saturated rings. The summed E-state index contributed by atoms with van der Waals surface area (Å²) in [5.41, 5.74) is 1.66. The largest absolute Gasteiger partial charge is 0.363 e. The molecule has 0 spiro atoms. The molecule has 1 aromatic heterocycles. The molecule has 2 aliphatic rings. The van der Waals surface area contributed by atoms with Crippen LogP contribution in [-0.2, 0) is 0 Å². The maximum atomic E-state index is 4.17. The Bertz CT molecular complexity index is 395. The molecule has 0 radical (unpaired) electrons. The van der Waals surface area contributed by atoms with Crippen molar-refractivity contribution in [2.75, 3.05) is 4.90 Å². The first-order valence-electron chi connectivity index (χ1n) is 7.09. The topological polar surface area (TPSA) is 29.0 Å². The number of nitrogens with zero attached hydrogens (tertiary/aromatic N) is 3. The van der Waals surface area contributed by atoms with Gasteiger partial charge < -0.3 is 4.90 Å². The Hall–Kier alpha value is -1.12. The number of aromatic nitrogens is 2. The van der Waals surface area contributed by atoms with E-state index < -0.39 is 0 Å². The molecule has 2 saturated heterocycles. The fourth-order valence-electron chi connectivity index (χ4n) is 3.73. The SMILES string of the molecule is CC(C)(C)C1CC2CCC(C1)N2c1cncnc1. The van der Waals surface area contributed by atoms with E-state index in [0.717, 1.165) is 5.92 Å². The molecule has 3 heteroatoms. The first-order valence-corrected chi connectivity index (χ1v) is 7.09. The summed E-state index contributed by atoms with van der Waals surface area (Å²) in [4.78, 5) is 10.9. The fraction of sp³-hybridized carbons (Fsp3) is 0.733. The molecule has 0 aromatic carbocycles. The van der Waals surface area contributed by atoms with Crippen LogP contribution in [-0.4, -0.2) is 22.1 Å². The molecule has 0 N–H and O–H groups in total. The van der Waals surface area contributed by atoms with Crippen LogP contribution in [0.15, 0.2) is 18.7 Å². The van der Waals surface area contributed by atoms with Crippen LogP contribution in [0.2, 0.25) is 0 Å². The third-order valence-electron chi connectivity index (χ3n) is 4.80. The number of hydrogen-bond donors (Lipinski definition) is 0. The van der Waals surface area contributed by atoms with Gasteiger partial charge in [0.25, 0.3) is 0 Å². The summed E-state index contributed by atoms with van der Waals surface area (Å²) < 4.78 is 0. The number of rotatable bonds is 1. The van der Waals surface area contributed by atoms with Crippen LogP contribution >= 0.6 is 0 Å². The zero-order valence-corrected chi connectivity index (χ0v) is 11.6. The maximum Gasteiger partial charge on any atom is 0.115 e. The van der Waals surface area contributed by atoms with Gasteiger partial charge in [0.15, 0.2) is 0 Å². The standard InChI is InChI=1S/C15H23N3/c1-15(2,3)11-6-12-4-5-13(7-11)18(12)14-8-16-10-17-9-14/h8-13H,4-7H2,1-3H3. The minimum Gasteiger partial charge on any atom is -0.363 e. The number of hydrogen-bond acceptors (Lipinski definition) is 3. The molecular weight excluding hydrogens is 222 g/mol. The van der Waals surface area contributed by atoms with Crippen molar-refractivity contribution < 1.29 is 0 Å². The van der Waals surface area contributed by atoms with Crippen LogP contribution in [0.1, 0.15) is 46.5 Å². The predicted octanol–water partition coefficient (Wildman–Crippen LogP) is 3.27. The first kappa shape index (κ1) is 11.9. The van der Waals surface area contributed by atoms with Crippen LogP contribution in [0.4, 0.5) is 5.69 Å². The normalized spacial score (nSPS) is 31.7. The maximum absolute atomic E-state index is 4.17. The zero-order chi connectivity index (χ0) is 12.8. The molecule has 0 saturated carbocycles. The highest BCUT2D eigenvalue weighted by molar-refractivity contribution is 5.46. The average Bonchev–Trinajstić information content (AvgIpc) is 2.59. The lowest BCUT2D eigenvalue weighted by molar-refractivity contribution is 0.174. The molecule has 1 aromatic rings. The van der Waals surface area contributed by atoms with Gasteiger partial charge in [-0.3, -0.25) is 0 Å². The average molecular weight is 245 g/mol. The Balaban J connectivity index is 1.82. The second-order valence-corrected chi connectivity index (χ2v) is 6.92. The van der Waals surface area contributed by atoms with E-state index >= 15 is 0 Å². The minimum atomic E-state index is 0.445. The molecule has 98 valence electrons. The Morgan fingerprint density at radius 3 is 2.11 bits per heavy atom.